The third kappa shape index (κ3) is 487. The van der Waals surface area contributed by atoms with E-state index < -0.39 is 5.97 Å². The van der Waals surface area contributed by atoms with Crippen LogP contribution in [0.25, 0.3) is 0 Å². The van der Waals surface area contributed by atoms with Gasteiger partial charge in [0.05, 0.1) is 0 Å². The van der Waals surface area contributed by atoms with Crippen molar-refractivity contribution < 1.29 is 29.2 Å². The van der Waals surface area contributed by atoms with Crippen LogP contribution in [0.5, 0.6) is 0 Å². The summed E-state index contributed by atoms with van der Waals surface area (Å²) in [7, 11) is 0. The number of carboxylic acids is 1. The van der Waals surface area contributed by atoms with Crippen LogP contribution in [0.1, 0.15) is 9.78 Å². The fourth-order valence-corrected chi connectivity index (χ4v) is 0. The van der Waals surface area contributed by atoms with Crippen LogP contribution in [0, 0.1) is 0 Å². The Balaban J connectivity index is -0.00000000300. The van der Waals surface area contributed by atoms with Crippen molar-refractivity contribution in [1.29, 1.82) is 0 Å². The molecule has 0 heterocycles. The van der Waals surface area contributed by atoms with E-state index in [1.165, 1.54) is 0 Å². The molecule has 0 atom stereocenters. The second kappa shape index (κ2) is 31.3. The van der Waals surface area contributed by atoms with E-state index in [0.29, 0.717) is 0 Å². The minimum absolute atomic E-state index is 0. The van der Waals surface area contributed by atoms with E-state index in [1.54, 1.807) is 0 Å². The first-order chi connectivity index (χ1) is 1.73. The Bertz CT molecular complexity index is 40.6. The predicted molar refractivity (Wildman–Crippen MR) is 32.1 cm³/mol. The van der Waals surface area contributed by atoms with Crippen molar-refractivity contribution in [1.82, 2.24) is 0 Å². The monoisotopic (exact) mass is 125 g/mol. The first-order valence-electron chi connectivity index (χ1n) is 0.928. The molecule has 0 aromatic carbocycles. The molecule has 52 valence electrons. The minimum atomic E-state index is -0.833. The molecule has 0 aromatic rings. The molecule has 0 amide bonds. The van der Waals surface area contributed by atoms with Crippen LogP contribution in [0.3, 0.4) is 0 Å². The fourth-order valence-electron chi connectivity index (χ4n) is 0. The average Bonchev–Trinajstić information content (AvgIpc) is 0.811. The summed E-state index contributed by atoms with van der Waals surface area (Å²) in [5.74, 6) is -0.833. The van der Waals surface area contributed by atoms with Gasteiger partial charge in [-0.05, 0) is 0 Å². The Labute approximate surface area is 53.4 Å². The van der Waals surface area contributed by atoms with Crippen molar-refractivity contribution in [3.63, 3.8) is 0 Å². The van der Waals surface area contributed by atoms with E-state index in [1.807, 2.05) is 0 Å². The van der Waals surface area contributed by atoms with Gasteiger partial charge in [-0.25, -0.2) is 0 Å². The summed E-state index contributed by atoms with van der Waals surface area (Å²) >= 11 is 0. The zero-order valence-corrected chi connectivity index (χ0v) is 4.56. The first-order valence-corrected chi connectivity index (χ1v) is 0.928. The van der Waals surface area contributed by atoms with E-state index in [9.17, 15) is 0 Å². The van der Waals surface area contributed by atoms with E-state index in [0.717, 1.165) is 6.92 Å². The molecule has 0 spiro atoms. The van der Waals surface area contributed by atoms with Crippen molar-refractivity contribution in [3.8, 4) is 0 Å². The number of hydrogen-bond acceptors (Lipinski definition) is 1. The molecule has 5 nitrogen and oxygen atoms in total. The standard InChI is InChI=1S/C2H4O2.Be.3H2O.2H/c1-2(3)4;;;;;;/h1H3,(H,3,4);;3*1H2;;/q;+2;;;;2*-1. The van der Waals surface area contributed by atoms with Gasteiger partial charge in [-0.15, -0.1) is 0 Å². The Kier molecular flexibility index (Phi) is 197. The van der Waals surface area contributed by atoms with Crippen LogP contribution >= 0.6 is 0 Å². The zero-order chi connectivity index (χ0) is 3.58. The molecular weight excluding hydrogens is 113 g/mol. The number of rotatable bonds is 0. The van der Waals surface area contributed by atoms with Crippen LogP contribution < -0.4 is 0 Å². The molecule has 0 radical (unpaired) electrons. The first kappa shape index (κ1) is 50.4. The second-order valence-electron chi connectivity index (χ2n) is 0.519. The van der Waals surface area contributed by atoms with E-state index in [2.05, 4.69) is 0 Å². The van der Waals surface area contributed by atoms with Gasteiger partial charge in [0, 0.05) is 6.92 Å². The van der Waals surface area contributed by atoms with Gasteiger partial charge in [-0.3, -0.25) is 4.79 Å². The molecule has 6 heteroatoms. The molecule has 0 fully saturated rings. The van der Waals surface area contributed by atoms with Gasteiger partial charge < -0.3 is 24.4 Å². The number of carbonyl (C=O) groups is 1. The SMILES string of the molecule is CC(=O)O.O.O.O.[Be+2].[H-].[H-]. The summed E-state index contributed by atoms with van der Waals surface area (Å²) in [6, 6.07) is 0. The number of aliphatic carboxylic acids is 1. The average molecular weight is 125 g/mol. The van der Waals surface area contributed by atoms with Crippen molar-refractivity contribution in [2.75, 3.05) is 0 Å². The van der Waals surface area contributed by atoms with Crippen molar-refractivity contribution >= 4 is 16.1 Å². The minimum Gasteiger partial charge on any atom is -1.00 e. The largest absolute Gasteiger partial charge is 2.00 e. The van der Waals surface area contributed by atoms with Gasteiger partial charge in [0.15, 0.2) is 0 Å². The Hall–Kier alpha value is -0.481. The van der Waals surface area contributed by atoms with E-state index in [4.69, 9.17) is 9.90 Å². The van der Waals surface area contributed by atoms with Crippen LogP contribution in [0.4, 0.5) is 0 Å². The summed E-state index contributed by atoms with van der Waals surface area (Å²) < 4.78 is 0. The van der Waals surface area contributed by atoms with Gasteiger partial charge in [-0.1, -0.05) is 0 Å². The third-order valence-electron chi connectivity index (χ3n) is 0. The molecule has 8 heavy (non-hydrogen) atoms. The Morgan fingerprint density at radius 1 is 1.38 bits per heavy atom. The molecule has 0 bridgehead atoms. The molecule has 0 saturated heterocycles. The van der Waals surface area contributed by atoms with E-state index in [-0.39, 0.29) is 29.4 Å². The summed E-state index contributed by atoms with van der Waals surface area (Å²) in [5, 5.41) is 7.42. The Morgan fingerprint density at radius 3 is 1.38 bits per heavy atom. The topological polar surface area (TPSA) is 132 Å². The quantitative estimate of drug-likeness (QED) is 0.357. The van der Waals surface area contributed by atoms with Gasteiger partial charge in [0.1, 0.15) is 0 Å². The molecular formula is C2H12BeO5. The molecule has 0 aromatic heterocycles. The van der Waals surface area contributed by atoms with Crippen molar-refractivity contribution in [3.05, 3.63) is 0 Å². The van der Waals surface area contributed by atoms with Crippen molar-refractivity contribution in [2.45, 2.75) is 6.92 Å². The Morgan fingerprint density at radius 2 is 1.38 bits per heavy atom. The summed E-state index contributed by atoms with van der Waals surface area (Å²) in [6.07, 6.45) is 0. The van der Waals surface area contributed by atoms with Crippen molar-refractivity contribution in [2.24, 2.45) is 0 Å². The second-order valence-corrected chi connectivity index (χ2v) is 0.519. The van der Waals surface area contributed by atoms with Gasteiger partial charge in [-0.2, -0.15) is 0 Å². The molecule has 0 aliphatic heterocycles. The van der Waals surface area contributed by atoms with Gasteiger partial charge in [0.25, 0.3) is 5.97 Å². The van der Waals surface area contributed by atoms with Crippen LogP contribution in [-0.2, 0) is 4.79 Å². The smallest absolute Gasteiger partial charge is 1.00 e. The zero-order valence-electron chi connectivity index (χ0n) is 6.56. The summed E-state index contributed by atoms with van der Waals surface area (Å²) in [6.45, 7) is 1.08. The maximum Gasteiger partial charge on any atom is 2.00 e. The van der Waals surface area contributed by atoms with Gasteiger partial charge >= 0.3 is 10.1 Å². The van der Waals surface area contributed by atoms with Gasteiger partial charge in [0.2, 0.25) is 0 Å². The van der Waals surface area contributed by atoms with Crippen LogP contribution in [0.15, 0.2) is 0 Å². The molecule has 0 aliphatic rings. The molecule has 7 N–H and O–H groups in total. The number of carboxylic acid groups (broad SMARTS) is 1. The molecule has 0 aliphatic carbocycles. The molecule has 0 rings (SSSR count). The summed E-state index contributed by atoms with van der Waals surface area (Å²) in [5.41, 5.74) is 0. The molecule has 0 unspecified atom stereocenters. The van der Waals surface area contributed by atoms with E-state index >= 15 is 0 Å². The maximum atomic E-state index is 9.00. The van der Waals surface area contributed by atoms with Crippen LogP contribution in [0.2, 0.25) is 0 Å². The summed E-state index contributed by atoms with van der Waals surface area (Å²) in [4.78, 5) is 9.00. The third-order valence-corrected chi connectivity index (χ3v) is 0. The normalized spacial score (nSPS) is 3.12. The maximum absolute atomic E-state index is 9.00. The number of hydrogen-bond donors (Lipinski definition) is 1. The molecule has 0 saturated carbocycles. The predicted octanol–water partition coefficient (Wildman–Crippen LogP) is -2.54. The fraction of sp³-hybridized carbons (Fsp3) is 0.500. The van der Waals surface area contributed by atoms with Crippen LogP contribution in [-0.4, -0.2) is 37.6 Å².